The number of methoxy groups -OCH3 is 1. The number of aryl methyl sites for hydroxylation is 1. The fourth-order valence-corrected chi connectivity index (χ4v) is 3.14. The minimum absolute atomic E-state index is 0.105. The molecule has 0 fully saturated rings. The highest BCUT2D eigenvalue weighted by atomic mass is 32.2. The number of nitrogens with one attached hydrogen (secondary N) is 2. The standard InChI is InChI=1S/C17H17N5O2S/c1-10-12(8-18)20-9-13-16(10)22-17(21-13)25-6-5-19-11-3-4-15(24-2)14(23)7-11/h3-4,7,9,19,23H,5-6H2,1-2H3,(H,21,22). The Morgan fingerprint density at radius 1 is 1.44 bits per heavy atom. The van der Waals surface area contributed by atoms with Crippen molar-refractivity contribution in [2.45, 2.75) is 12.1 Å². The van der Waals surface area contributed by atoms with Crippen molar-refractivity contribution in [3.63, 3.8) is 0 Å². The molecule has 0 bridgehead atoms. The van der Waals surface area contributed by atoms with Crippen molar-refractivity contribution < 1.29 is 9.84 Å². The van der Waals surface area contributed by atoms with Crippen LogP contribution in [0, 0.1) is 18.3 Å². The van der Waals surface area contributed by atoms with Gasteiger partial charge in [0.2, 0.25) is 0 Å². The van der Waals surface area contributed by atoms with Crippen LogP contribution < -0.4 is 10.1 Å². The highest BCUT2D eigenvalue weighted by Gasteiger charge is 2.10. The molecule has 0 aliphatic carbocycles. The number of phenolic OH excluding ortho intramolecular Hbond substituents is 1. The van der Waals surface area contributed by atoms with Gasteiger partial charge in [0.25, 0.3) is 0 Å². The second-order valence-corrected chi connectivity index (χ2v) is 6.39. The van der Waals surface area contributed by atoms with E-state index in [-0.39, 0.29) is 5.75 Å². The lowest BCUT2D eigenvalue weighted by molar-refractivity contribution is 0.373. The third kappa shape index (κ3) is 3.61. The normalized spacial score (nSPS) is 10.6. The lowest BCUT2D eigenvalue weighted by atomic mass is 10.2. The number of benzene rings is 1. The van der Waals surface area contributed by atoms with Gasteiger partial charge in [0.1, 0.15) is 11.8 Å². The molecule has 0 atom stereocenters. The largest absolute Gasteiger partial charge is 0.504 e. The molecule has 0 radical (unpaired) electrons. The number of phenols is 1. The molecule has 7 nitrogen and oxygen atoms in total. The molecular weight excluding hydrogens is 338 g/mol. The highest BCUT2D eigenvalue weighted by molar-refractivity contribution is 7.99. The molecule has 2 heterocycles. The van der Waals surface area contributed by atoms with Gasteiger partial charge in [0.15, 0.2) is 16.7 Å². The van der Waals surface area contributed by atoms with E-state index < -0.39 is 0 Å². The van der Waals surface area contributed by atoms with Crippen LogP contribution >= 0.6 is 11.8 Å². The van der Waals surface area contributed by atoms with Gasteiger partial charge in [-0.1, -0.05) is 11.8 Å². The van der Waals surface area contributed by atoms with Crippen molar-refractivity contribution in [3.8, 4) is 17.6 Å². The van der Waals surface area contributed by atoms with Crippen molar-refractivity contribution in [1.29, 1.82) is 5.26 Å². The summed E-state index contributed by atoms with van der Waals surface area (Å²) in [7, 11) is 1.52. The van der Waals surface area contributed by atoms with Gasteiger partial charge < -0.3 is 20.1 Å². The molecule has 25 heavy (non-hydrogen) atoms. The first-order valence-corrected chi connectivity index (χ1v) is 8.60. The van der Waals surface area contributed by atoms with Crippen LogP contribution in [-0.4, -0.2) is 39.5 Å². The number of aromatic nitrogens is 3. The summed E-state index contributed by atoms with van der Waals surface area (Å²) in [4.78, 5) is 11.8. The van der Waals surface area contributed by atoms with Gasteiger partial charge in [-0.25, -0.2) is 9.97 Å². The summed E-state index contributed by atoms with van der Waals surface area (Å²) in [6, 6.07) is 7.26. The Hall–Kier alpha value is -2.92. The number of aromatic hydroxyl groups is 1. The summed E-state index contributed by atoms with van der Waals surface area (Å²) in [5.41, 5.74) is 3.61. The molecule has 0 unspecified atom stereocenters. The number of nitriles is 1. The topological polar surface area (TPSA) is 107 Å². The molecule has 0 aliphatic rings. The molecule has 3 rings (SSSR count). The Labute approximate surface area is 149 Å². The predicted octanol–water partition coefficient (Wildman–Crippen LogP) is 3.06. The van der Waals surface area contributed by atoms with Gasteiger partial charge in [0, 0.05) is 29.6 Å². The SMILES string of the molecule is COc1ccc(NCCSc2nc3c(C)c(C#N)ncc3[nH]2)cc1O. The number of ether oxygens (including phenoxy) is 1. The number of imidazole rings is 1. The van der Waals surface area contributed by atoms with Crippen LogP contribution in [0.5, 0.6) is 11.5 Å². The van der Waals surface area contributed by atoms with Crippen molar-refractivity contribution in [2.75, 3.05) is 24.7 Å². The van der Waals surface area contributed by atoms with E-state index in [4.69, 9.17) is 10.00 Å². The molecule has 2 aromatic heterocycles. The Morgan fingerprint density at radius 2 is 2.28 bits per heavy atom. The third-order valence-corrected chi connectivity index (χ3v) is 4.57. The summed E-state index contributed by atoms with van der Waals surface area (Å²) in [6.07, 6.45) is 1.64. The quantitative estimate of drug-likeness (QED) is 0.461. The smallest absolute Gasteiger partial charge is 0.166 e. The first-order chi connectivity index (χ1) is 12.1. The first kappa shape index (κ1) is 16.9. The van der Waals surface area contributed by atoms with Crippen LogP contribution in [0.3, 0.4) is 0 Å². The zero-order chi connectivity index (χ0) is 17.8. The zero-order valence-corrected chi connectivity index (χ0v) is 14.6. The van der Waals surface area contributed by atoms with Gasteiger partial charge in [-0.05, 0) is 19.1 Å². The molecule has 0 spiro atoms. The lowest BCUT2D eigenvalue weighted by Crippen LogP contribution is -2.04. The first-order valence-electron chi connectivity index (χ1n) is 7.61. The number of fused-ring (bicyclic) bond motifs is 1. The van der Waals surface area contributed by atoms with E-state index in [1.165, 1.54) is 7.11 Å². The Balaban J connectivity index is 1.59. The minimum atomic E-state index is 0.105. The van der Waals surface area contributed by atoms with Crippen molar-refractivity contribution in [2.24, 2.45) is 0 Å². The lowest BCUT2D eigenvalue weighted by Gasteiger charge is -2.08. The molecule has 3 N–H and O–H groups in total. The van der Waals surface area contributed by atoms with E-state index in [0.717, 1.165) is 33.2 Å². The Kier molecular flexibility index (Phi) is 4.95. The summed E-state index contributed by atoms with van der Waals surface area (Å²) < 4.78 is 5.02. The number of thioether (sulfide) groups is 1. The molecular formula is C17H17N5O2S. The maximum atomic E-state index is 9.76. The third-order valence-electron chi connectivity index (χ3n) is 3.70. The van der Waals surface area contributed by atoms with Crippen molar-refractivity contribution in [3.05, 3.63) is 35.7 Å². The maximum Gasteiger partial charge on any atom is 0.166 e. The number of hydrogen-bond donors (Lipinski definition) is 3. The fourth-order valence-electron chi connectivity index (χ4n) is 2.41. The monoisotopic (exact) mass is 355 g/mol. The summed E-state index contributed by atoms with van der Waals surface area (Å²) in [5.74, 6) is 1.33. The Bertz CT molecular complexity index is 948. The number of H-pyrrole nitrogens is 1. The molecule has 1 aromatic carbocycles. The zero-order valence-electron chi connectivity index (χ0n) is 13.8. The number of rotatable bonds is 6. The van der Waals surface area contributed by atoms with Gasteiger partial charge in [-0.2, -0.15) is 5.26 Å². The fraction of sp³-hybridized carbons (Fsp3) is 0.235. The maximum absolute atomic E-state index is 9.76. The summed E-state index contributed by atoms with van der Waals surface area (Å²) in [6.45, 7) is 2.55. The van der Waals surface area contributed by atoms with E-state index in [2.05, 4.69) is 26.3 Å². The average molecular weight is 355 g/mol. The van der Waals surface area contributed by atoms with E-state index in [0.29, 0.717) is 18.0 Å². The van der Waals surface area contributed by atoms with Crippen LogP contribution in [0.2, 0.25) is 0 Å². The number of nitrogens with zero attached hydrogens (tertiary/aromatic N) is 3. The van der Waals surface area contributed by atoms with Gasteiger partial charge in [-0.15, -0.1) is 0 Å². The molecule has 0 aliphatic heterocycles. The van der Waals surface area contributed by atoms with E-state index >= 15 is 0 Å². The second kappa shape index (κ2) is 7.32. The van der Waals surface area contributed by atoms with E-state index in [1.54, 1.807) is 30.1 Å². The van der Waals surface area contributed by atoms with Crippen LogP contribution in [0.1, 0.15) is 11.3 Å². The van der Waals surface area contributed by atoms with Gasteiger partial charge in [0.05, 0.1) is 24.3 Å². The van der Waals surface area contributed by atoms with E-state index in [1.807, 2.05) is 13.0 Å². The molecule has 0 amide bonds. The minimum Gasteiger partial charge on any atom is -0.504 e. The van der Waals surface area contributed by atoms with Crippen LogP contribution in [0.15, 0.2) is 29.6 Å². The summed E-state index contributed by atoms with van der Waals surface area (Å²) in [5, 5.41) is 22.8. The molecule has 0 saturated heterocycles. The van der Waals surface area contributed by atoms with Gasteiger partial charge in [-0.3, -0.25) is 0 Å². The summed E-state index contributed by atoms with van der Waals surface area (Å²) >= 11 is 1.57. The Morgan fingerprint density at radius 3 is 3.00 bits per heavy atom. The van der Waals surface area contributed by atoms with Crippen LogP contribution in [-0.2, 0) is 0 Å². The molecule has 0 saturated carbocycles. The van der Waals surface area contributed by atoms with Crippen LogP contribution in [0.25, 0.3) is 11.0 Å². The molecule has 3 aromatic rings. The number of pyridine rings is 1. The van der Waals surface area contributed by atoms with Crippen molar-refractivity contribution >= 4 is 28.5 Å². The van der Waals surface area contributed by atoms with Gasteiger partial charge >= 0.3 is 0 Å². The van der Waals surface area contributed by atoms with Crippen molar-refractivity contribution in [1.82, 2.24) is 15.0 Å². The molecule has 8 heteroatoms. The number of anilines is 1. The second-order valence-electron chi connectivity index (χ2n) is 5.31. The molecule has 128 valence electrons. The highest BCUT2D eigenvalue weighted by Crippen LogP contribution is 2.28. The van der Waals surface area contributed by atoms with Crippen LogP contribution in [0.4, 0.5) is 5.69 Å². The number of hydrogen-bond acceptors (Lipinski definition) is 7. The van der Waals surface area contributed by atoms with E-state index in [9.17, 15) is 5.11 Å². The number of aromatic amines is 1. The predicted molar refractivity (Wildman–Crippen MR) is 97.2 cm³/mol. The average Bonchev–Trinajstić information content (AvgIpc) is 3.03.